The smallest absolute Gasteiger partial charge is 0.269 e. The van der Waals surface area contributed by atoms with E-state index in [1.165, 1.54) is 0 Å². The fourth-order valence-electron chi connectivity index (χ4n) is 6.02. The van der Waals surface area contributed by atoms with Crippen molar-refractivity contribution in [2.24, 2.45) is 5.92 Å². The van der Waals surface area contributed by atoms with E-state index in [-0.39, 0.29) is 11.5 Å². The number of hydrogen-bond acceptors (Lipinski definition) is 6. The normalized spacial score (nSPS) is 20.1. The van der Waals surface area contributed by atoms with Crippen LogP contribution in [0.2, 0.25) is 0 Å². The second-order valence-corrected chi connectivity index (χ2v) is 9.68. The molecule has 1 fully saturated rings. The number of likely N-dealkylation sites (tertiary alicyclic amines) is 1. The first-order valence-corrected chi connectivity index (χ1v) is 12.1. The molecule has 9 nitrogen and oxygen atoms in total. The van der Waals surface area contributed by atoms with Crippen molar-refractivity contribution in [1.82, 2.24) is 25.0 Å². The van der Waals surface area contributed by atoms with Crippen molar-refractivity contribution in [1.29, 1.82) is 0 Å². The second-order valence-electron chi connectivity index (χ2n) is 9.68. The minimum atomic E-state index is -0.139. The number of amides is 1. The van der Waals surface area contributed by atoms with Crippen LogP contribution in [0, 0.1) is 5.92 Å². The van der Waals surface area contributed by atoms with Gasteiger partial charge in [-0.1, -0.05) is 6.07 Å². The largest absolute Gasteiger partial charge is 0.493 e. The predicted octanol–water partition coefficient (Wildman–Crippen LogP) is 2.01. The molecule has 3 aliphatic rings. The number of rotatable bonds is 6. The van der Waals surface area contributed by atoms with Gasteiger partial charge in [-0.3, -0.25) is 14.7 Å². The van der Waals surface area contributed by atoms with Gasteiger partial charge in [-0.2, -0.15) is 5.10 Å². The number of hydrogen-bond donors (Lipinski definition) is 2. The Hall–Kier alpha value is -3.59. The van der Waals surface area contributed by atoms with E-state index in [1.54, 1.807) is 20.3 Å². The Labute approximate surface area is 203 Å². The molecule has 9 heteroatoms. The van der Waals surface area contributed by atoms with E-state index in [2.05, 4.69) is 26.5 Å². The third-order valence-corrected chi connectivity index (χ3v) is 7.59. The van der Waals surface area contributed by atoms with Crippen molar-refractivity contribution in [2.75, 3.05) is 40.4 Å². The lowest BCUT2D eigenvalue weighted by atomic mass is 9.83. The molecule has 1 aliphatic carbocycles. The van der Waals surface area contributed by atoms with Crippen LogP contribution in [0.1, 0.15) is 39.6 Å². The minimum absolute atomic E-state index is 0.101. The van der Waals surface area contributed by atoms with Gasteiger partial charge >= 0.3 is 0 Å². The number of benzene rings is 1. The first-order valence-electron chi connectivity index (χ1n) is 12.1. The number of carbonyl (C=O) groups is 1. The van der Waals surface area contributed by atoms with Gasteiger partial charge in [-0.15, -0.1) is 0 Å². The van der Waals surface area contributed by atoms with Crippen molar-refractivity contribution in [3.8, 4) is 22.8 Å². The number of fused-ring (bicyclic) bond motifs is 7. The summed E-state index contributed by atoms with van der Waals surface area (Å²) in [5.74, 6) is 2.02. The summed E-state index contributed by atoms with van der Waals surface area (Å²) in [7, 11) is 3.23. The Morgan fingerprint density at radius 1 is 1.17 bits per heavy atom. The Balaban J connectivity index is 1.10. The Kier molecular flexibility index (Phi) is 5.36. The van der Waals surface area contributed by atoms with Crippen molar-refractivity contribution in [3.63, 3.8) is 0 Å². The average molecular weight is 476 g/mol. The molecule has 0 saturated carbocycles. The van der Waals surface area contributed by atoms with Crippen LogP contribution >= 0.6 is 0 Å². The molecule has 2 unspecified atom stereocenters. The predicted molar refractivity (Wildman–Crippen MR) is 130 cm³/mol. The number of H-pyrrole nitrogens is 1. The monoisotopic (exact) mass is 475 g/mol. The molecule has 4 heterocycles. The van der Waals surface area contributed by atoms with Crippen molar-refractivity contribution < 1.29 is 14.3 Å². The number of aromatic nitrogens is 3. The third kappa shape index (κ3) is 3.70. The SMILES string of the molecule is COc1cc2c(cc1OC)-c1n[nH]c(C(=O)NCCN3CC4CC(C3)c3cccc(=O)n3C4)c1C2. The number of aromatic amines is 1. The van der Waals surface area contributed by atoms with Crippen LogP contribution in [-0.2, 0) is 13.0 Å². The molecule has 0 spiro atoms. The maximum Gasteiger partial charge on any atom is 0.269 e. The van der Waals surface area contributed by atoms with Gasteiger partial charge in [0.25, 0.3) is 11.5 Å². The van der Waals surface area contributed by atoms with E-state index in [0.29, 0.717) is 42.0 Å². The average Bonchev–Trinajstić information content (AvgIpc) is 3.42. The highest BCUT2D eigenvalue weighted by Crippen LogP contribution is 2.42. The summed E-state index contributed by atoms with van der Waals surface area (Å²) in [4.78, 5) is 27.7. The molecule has 2 N–H and O–H groups in total. The lowest BCUT2D eigenvalue weighted by Gasteiger charge is -2.42. The quantitative estimate of drug-likeness (QED) is 0.442. The lowest BCUT2D eigenvalue weighted by molar-refractivity contribution is 0.0922. The first-order chi connectivity index (χ1) is 17.1. The van der Waals surface area contributed by atoms with Gasteiger partial charge in [0.05, 0.1) is 19.9 Å². The molecule has 2 atom stereocenters. The molecule has 0 radical (unpaired) electrons. The molecule has 6 rings (SSSR count). The number of pyridine rings is 1. The molecule has 2 bridgehead atoms. The van der Waals surface area contributed by atoms with Gasteiger partial charge in [0.15, 0.2) is 11.5 Å². The third-order valence-electron chi connectivity index (χ3n) is 7.59. The zero-order chi connectivity index (χ0) is 24.1. The minimum Gasteiger partial charge on any atom is -0.493 e. The van der Waals surface area contributed by atoms with Crippen molar-refractivity contribution in [2.45, 2.75) is 25.3 Å². The molecule has 35 heavy (non-hydrogen) atoms. The number of methoxy groups -OCH3 is 2. The standard InChI is InChI=1S/C26H29N5O4/c1-34-21-10-16-9-19-24(18(16)11-22(21)35-2)28-29-25(19)26(33)27-6-7-30-12-15-8-17(14-30)20-4-3-5-23(32)31(20)13-15/h3-5,10-11,15,17H,6-9,12-14H2,1-2H3,(H,27,33)(H,28,29). The molecule has 182 valence electrons. The van der Waals surface area contributed by atoms with E-state index in [9.17, 15) is 9.59 Å². The summed E-state index contributed by atoms with van der Waals surface area (Å²) >= 11 is 0. The van der Waals surface area contributed by atoms with Gasteiger partial charge in [-0.05, 0) is 36.1 Å². The molecular weight excluding hydrogens is 446 g/mol. The highest BCUT2D eigenvalue weighted by molar-refractivity contribution is 5.97. The van der Waals surface area contributed by atoms with E-state index in [0.717, 1.165) is 60.7 Å². The molecule has 2 aliphatic heterocycles. The fourth-order valence-corrected chi connectivity index (χ4v) is 6.02. The molecule has 1 amide bonds. The van der Waals surface area contributed by atoms with Gasteiger partial charge in [-0.25, -0.2) is 0 Å². The van der Waals surface area contributed by atoms with Gasteiger partial charge in [0, 0.05) is 67.9 Å². The summed E-state index contributed by atoms with van der Waals surface area (Å²) in [6.07, 6.45) is 1.75. The van der Waals surface area contributed by atoms with E-state index in [4.69, 9.17) is 9.47 Å². The van der Waals surface area contributed by atoms with Gasteiger partial charge < -0.3 is 24.3 Å². The van der Waals surface area contributed by atoms with Crippen LogP contribution in [0.5, 0.6) is 11.5 Å². The van der Waals surface area contributed by atoms with Gasteiger partial charge in [0.1, 0.15) is 5.69 Å². The van der Waals surface area contributed by atoms with Crippen LogP contribution < -0.4 is 20.3 Å². The number of ether oxygens (including phenoxy) is 2. The molecule has 3 aromatic rings. The molecule has 2 aromatic heterocycles. The molecule has 1 aromatic carbocycles. The van der Waals surface area contributed by atoms with Gasteiger partial charge in [0.2, 0.25) is 0 Å². The lowest BCUT2D eigenvalue weighted by Crippen LogP contribution is -2.48. The van der Waals surface area contributed by atoms with Crippen molar-refractivity contribution >= 4 is 5.91 Å². The van der Waals surface area contributed by atoms with Crippen LogP contribution in [0.4, 0.5) is 0 Å². The number of nitrogens with zero attached hydrogens (tertiary/aromatic N) is 3. The summed E-state index contributed by atoms with van der Waals surface area (Å²) in [5, 5.41) is 10.4. The summed E-state index contributed by atoms with van der Waals surface area (Å²) in [5.41, 5.74) is 5.49. The topological polar surface area (TPSA) is 101 Å². The van der Waals surface area contributed by atoms with Crippen LogP contribution in [0.25, 0.3) is 11.3 Å². The molecular formula is C26H29N5O4. The fraction of sp³-hybridized carbons (Fsp3) is 0.423. The number of nitrogens with one attached hydrogen (secondary N) is 2. The van der Waals surface area contributed by atoms with E-state index < -0.39 is 0 Å². The maximum absolute atomic E-state index is 13.0. The van der Waals surface area contributed by atoms with Crippen LogP contribution in [0.15, 0.2) is 35.1 Å². The summed E-state index contributed by atoms with van der Waals surface area (Å²) in [6.45, 7) is 3.98. The highest BCUT2D eigenvalue weighted by atomic mass is 16.5. The van der Waals surface area contributed by atoms with Crippen LogP contribution in [-0.4, -0.2) is 66.0 Å². The second kappa shape index (κ2) is 8.57. The Morgan fingerprint density at radius 2 is 2.00 bits per heavy atom. The summed E-state index contributed by atoms with van der Waals surface area (Å²) in [6, 6.07) is 9.46. The Bertz CT molecular complexity index is 1360. The number of carbonyl (C=O) groups excluding carboxylic acids is 1. The van der Waals surface area contributed by atoms with E-state index in [1.807, 2.05) is 22.8 Å². The molecule has 1 saturated heterocycles. The first kappa shape index (κ1) is 21.9. The Morgan fingerprint density at radius 3 is 2.83 bits per heavy atom. The highest BCUT2D eigenvalue weighted by Gasteiger charge is 2.34. The maximum atomic E-state index is 13.0. The van der Waals surface area contributed by atoms with E-state index >= 15 is 0 Å². The zero-order valence-electron chi connectivity index (χ0n) is 20.0. The number of piperidine rings is 1. The summed E-state index contributed by atoms with van der Waals surface area (Å²) < 4.78 is 12.8. The van der Waals surface area contributed by atoms with Crippen molar-refractivity contribution in [3.05, 3.63) is 63.2 Å². The van der Waals surface area contributed by atoms with Crippen LogP contribution in [0.3, 0.4) is 0 Å². The zero-order valence-corrected chi connectivity index (χ0v) is 20.0.